The van der Waals surface area contributed by atoms with Crippen LogP contribution < -0.4 is 0 Å². The van der Waals surface area contributed by atoms with E-state index in [1.165, 1.54) is 5.56 Å². The van der Waals surface area contributed by atoms with E-state index in [9.17, 15) is 4.79 Å². The third kappa shape index (κ3) is 5.91. The third-order valence-electron chi connectivity index (χ3n) is 5.74. The molecule has 2 aliphatic heterocycles. The van der Waals surface area contributed by atoms with Crippen LogP contribution in [0.3, 0.4) is 0 Å². The summed E-state index contributed by atoms with van der Waals surface area (Å²) in [7, 11) is 0. The van der Waals surface area contributed by atoms with E-state index in [1.807, 2.05) is 11.0 Å². The van der Waals surface area contributed by atoms with Crippen molar-refractivity contribution in [2.75, 3.05) is 45.9 Å². The molecule has 1 aromatic carbocycles. The topological polar surface area (TPSA) is 32.8 Å². The summed E-state index contributed by atoms with van der Waals surface area (Å²) in [6.45, 7) is 13.4. The summed E-state index contributed by atoms with van der Waals surface area (Å²) >= 11 is 0. The van der Waals surface area contributed by atoms with Crippen molar-refractivity contribution < 1.29 is 9.53 Å². The number of hydrogen-bond donors (Lipinski definition) is 0. The predicted molar refractivity (Wildman–Crippen MR) is 111 cm³/mol. The van der Waals surface area contributed by atoms with Crippen molar-refractivity contribution in [3.63, 3.8) is 0 Å². The van der Waals surface area contributed by atoms with Gasteiger partial charge in [0.15, 0.2) is 0 Å². The van der Waals surface area contributed by atoms with Crippen LogP contribution in [0.15, 0.2) is 30.3 Å². The summed E-state index contributed by atoms with van der Waals surface area (Å²) in [6, 6.07) is 8.50. The fourth-order valence-electron chi connectivity index (χ4n) is 3.85. The van der Waals surface area contributed by atoms with Crippen molar-refractivity contribution in [2.24, 2.45) is 5.92 Å². The number of carbonyl (C=O) groups is 1. The molecule has 0 bridgehead atoms. The van der Waals surface area contributed by atoms with Crippen LogP contribution in [0.1, 0.15) is 44.7 Å². The van der Waals surface area contributed by atoms with Crippen molar-refractivity contribution in [3.05, 3.63) is 41.5 Å². The number of likely N-dealkylation sites (tertiary alicyclic amines) is 1. The highest BCUT2D eigenvalue weighted by Crippen LogP contribution is 2.23. The molecule has 2 heterocycles. The second-order valence-electron chi connectivity index (χ2n) is 8.89. The first-order chi connectivity index (χ1) is 12.9. The fourth-order valence-corrected chi connectivity index (χ4v) is 3.85. The summed E-state index contributed by atoms with van der Waals surface area (Å²) in [5.74, 6) is 0.848. The van der Waals surface area contributed by atoms with Crippen molar-refractivity contribution >= 4 is 12.0 Å². The molecular weight excluding hydrogens is 336 g/mol. The van der Waals surface area contributed by atoms with Gasteiger partial charge < -0.3 is 9.64 Å². The Morgan fingerprint density at radius 2 is 1.70 bits per heavy atom. The van der Waals surface area contributed by atoms with E-state index in [-0.39, 0.29) is 11.3 Å². The number of hydrogen-bond acceptors (Lipinski definition) is 3. The van der Waals surface area contributed by atoms with E-state index < -0.39 is 0 Å². The predicted octanol–water partition coefficient (Wildman–Crippen LogP) is 3.57. The van der Waals surface area contributed by atoms with Gasteiger partial charge in [-0.2, -0.15) is 0 Å². The first-order valence-corrected chi connectivity index (χ1v) is 10.3. The Morgan fingerprint density at radius 1 is 1.07 bits per heavy atom. The molecule has 0 saturated carbocycles. The third-order valence-corrected chi connectivity index (χ3v) is 5.74. The van der Waals surface area contributed by atoms with Crippen molar-refractivity contribution in [1.82, 2.24) is 9.80 Å². The van der Waals surface area contributed by atoms with E-state index in [2.05, 4.69) is 49.9 Å². The Kier molecular flexibility index (Phi) is 6.72. The van der Waals surface area contributed by atoms with Gasteiger partial charge in [-0.05, 0) is 41.4 Å². The maximum absolute atomic E-state index is 12.5. The molecule has 4 heteroatoms. The zero-order valence-electron chi connectivity index (χ0n) is 17.1. The summed E-state index contributed by atoms with van der Waals surface area (Å²) in [5.41, 5.74) is 2.55. The minimum absolute atomic E-state index is 0.139. The standard InChI is InChI=1S/C23H34N2O2/c1-23(2,3)21-7-4-19(5-8-21)6-9-22(26)25-12-10-20(11-13-25)18-24-14-16-27-17-15-24/h4-9,20H,10-18H2,1-3H3/b9-6+. The molecule has 3 rings (SSSR count). The highest BCUT2D eigenvalue weighted by atomic mass is 16.5. The van der Waals surface area contributed by atoms with Crippen LogP contribution in [-0.2, 0) is 14.9 Å². The van der Waals surface area contributed by atoms with E-state index >= 15 is 0 Å². The molecule has 2 aliphatic rings. The summed E-state index contributed by atoms with van der Waals surface area (Å²) < 4.78 is 5.42. The van der Waals surface area contributed by atoms with Gasteiger partial charge in [0.2, 0.25) is 5.91 Å². The highest BCUT2D eigenvalue weighted by molar-refractivity contribution is 5.91. The van der Waals surface area contributed by atoms with Gasteiger partial charge in [-0.3, -0.25) is 9.69 Å². The van der Waals surface area contributed by atoms with Gasteiger partial charge in [-0.15, -0.1) is 0 Å². The molecule has 1 amide bonds. The lowest BCUT2D eigenvalue weighted by atomic mass is 9.87. The molecule has 0 atom stereocenters. The number of nitrogens with zero attached hydrogens (tertiary/aromatic N) is 2. The van der Waals surface area contributed by atoms with Crippen LogP contribution in [0.2, 0.25) is 0 Å². The Hall–Kier alpha value is -1.65. The van der Waals surface area contributed by atoms with E-state index in [0.29, 0.717) is 5.92 Å². The number of benzene rings is 1. The first-order valence-electron chi connectivity index (χ1n) is 10.3. The maximum atomic E-state index is 12.5. The van der Waals surface area contributed by atoms with Crippen molar-refractivity contribution in [3.8, 4) is 0 Å². The van der Waals surface area contributed by atoms with Gasteiger partial charge in [0, 0.05) is 38.8 Å². The molecule has 0 aliphatic carbocycles. The van der Waals surface area contributed by atoms with Gasteiger partial charge >= 0.3 is 0 Å². The van der Waals surface area contributed by atoms with Gasteiger partial charge in [0.25, 0.3) is 0 Å². The molecule has 0 spiro atoms. The minimum atomic E-state index is 0.139. The molecule has 2 saturated heterocycles. The Morgan fingerprint density at radius 3 is 2.30 bits per heavy atom. The molecule has 2 fully saturated rings. The Balaban J connectivity index is 1.45. The average Bonchev–Trinajstić information content (AvgIpc) is 2.67. The number of ether oxygens (including phenoxy) is 1. The lowest BCUT2D eigenvalue weighted by Crippen LogP contribution is -2.43. The Labute approximate surface area is 164 Å². The van der Waals surface area contributed by atoms with E-state index in [1.54, 1.807) is 6.08 Å². The summed E-state index contributed by atoms with van der Waals surface area (Å²) in [5, 5.41) is 0. The molecular formula is C23H34N2O2. The monoisotopic (exact) mass is 370 g/mol. The zero-order valence-corrected chi connectivity index (χ0v) is 17.1. The molecule has 27 heavy (non-hydrogen) atoms. The van der Waals surface area contributed by atoms with E-state index in [0.717, 1.165) is 64.3 Å². The molecule has 0 radical (unpaired) electrons. The zero-order chi connectivity index (χ0) is 19.3. The maximum Gasteiger partial charge on any atom is 0.246 e. The normalized spacial score (nSPS) is 20.3. The van der Waals surface area contributed by atoms with Gasteiger partial charge in [-0.25, -0.2) is 0 Å². The fraction of sp³-hybridized carbons (Fsp3) is 0.609. The lowest BCUT2D eigenvalue weighted by Gasteiger charge is -2.35. The first kappa shape index (κ1) is 20.1. The van der Waals surface area contributed by atoms with Crippen LogP contribution >= 0.6 is 0 Å². The van der Waals surface area contributed by atoms with Gasteiger partial charge in [0.1, 0.15) is 0 Å². The molecule has 0 aromatic heterocycles. The SMILES string of the molecule is CC(C)(C)c1ccc(/C=C/C(=O)N2CCC(CN3CCOCC3)CC2)cc1. The van der Waals surface area contributed by atoms with Crippen molar-refractivity contribution in [2.45, 2.75) is 39.0 Å². The second kappa shape index (κ2) is 9.03. The highest BCUT2D eigenvalue weighted by Gasteiger charge is 2.24. The summed E-state index contributed by atoms with van der Waals surface area (Å²) in [6.07, 6.45) is 5.89. The van der Waals surface area contributed by atoms with Crippen LogP contribution in [0.4, 0.5) is 0 Å². The molecule has 4 nitrogen and oxygen atoms in total. The van der Waals surface area contributed by atoms with E-state index in [4.69, 9.17) is 4.74 Å². The quantitative estimate of drug-likeness (QED) is 0.760. The lowest BCUT2D eigenvalue weighted by molar-refractivity contribution is -0.127. The number of morpholine rings is 1. The molecule has 148 valence electrons. The number of piperidine rings is 1. The largest absolute Gasteiger partial charge is 0.379 e. The Bertz CT molecular complexity index is 631. The average molecular weight is 371 g/mol. The molecule has 1 aromatic rings. The number of rotatable bonds is 4. The minimum Gasteiger partial charge on any atom is -0.379 e. The van der Waals surface area contributed by atoms with Crippen LogP contribution in [0, 0.1) is 5.92 Å². The molecule has 0 N–H and O–H groups in total. The number of carbonyl (C=O) groups excluding carboxylic acids is 1. The number of amides is 1. The van der Waals surface area contributed by atoms with Gasteiger partial charge in [-0.1, -0.05) is 45.0 Å². The van der Waals surface area contributed by atoms with Crippen LogP contribution in [0.5, 0.6) is 0 Å². The van der Waals surface area contributed by atoms with Crippen LogP contribution in [0.25, 0.3) is 6.08 Å². The second-order valence-corrected chi connectivity index (χ2v) is 8.89. The van der Waals surface area contributed by atoms with Crippen molar-refractivity contribution in [1.29, 1.82) is 0 Å². The smallest absolute Gasteiger partial charge is 0.246 e. The summed E-state index contributed by atoms with van der Waals surface area (Å²) in [4.78, 5) is 17.0. The molecule has 0 unspecified atom stereocenters. The van der Waals surface area contributed by atoms with Gasteiger partial charge in [0.05, 0.1) is 13.2 Å². The van der Waals surface area contributed by atoms with Crippen LogP contribution in [-0.4, -0.2) is 61.6 Å².